The lowest BCUT2D eigenvalue weighted by molar-refractivity contribution is -0.117. The number of amides is 1. The van der Waals surface area contributed by atoms with Gasteiger partial charge in [0.05, 0.1) is 19.9 Å². The van der Waals surface area contributed by atoms with Gasteiger partial charge in [-0.3, -0.25) is 4.79 Å². The Morgan fingerprint density at radius 3 is 2.67 bits per heavy atom. The van der Waals surface area contributed by atoms with Crippen LogP contribution in [0.25, 0.3) is 11.5 Å². The maximum absolute atomic E-state index is 12.6. The van der Waals surface area contributed by atoms with Crippen LogP contribution in [0.2, 0.25) is 0 Å². The SMILES string of the molecule is COc1ccc(OC)c(N2CC(c3noc(-c4ccccc4)n3)CC2=O)c1. The number of carbonyl (C=O) groups excluding carboxylic acids is 1. The summed E-state index contributed by atoms with van der Waals surface area (Å²) < 4.78 is 16.1. The summed E-state index contributed by atoms with van der Waals surface area (Å²) in [4.78, 5) is 18.8. The van der Waals surface area contributed by atoms with Crippen molar-refractivity contribution in [2.24, 2.45) is 0 Å². The molecule has 1 aliphatic heterocycles. The van der Waals surface area contributed by atoms with E-state index in [4.69, 9.17) is 14.0 Å². The van der Waals surface area contributed by atoms with E-state index < -0.39 is 0 Å². The molecule has 0 bridgehead atoms. The van der Waals surface area contributed by atoms with Gasteiger partial charge in [0.15, 0.2) is 5.82 Å². The molecule has 1 atom stereocenters. The van der Waals surface area contributed by atoms with Crippen molar-refractivity contribution in [3.8, 4) is 23.0 Å². The van der Waals surface area contributed by atoms with E-state index in [1.54, 1.807) is 37.3 Å². The Bertz CT molecular complexity index is 955. The quantitative estimate of drug-likeness (QED) is 0.691. The Morgan fingerprint density at radius 2 is 1.93 bits per heavy atom. The molecule has 27 heavy (non-hydrogen) atoms. The Balaban J connectivity index is 1.59. The fourth-order valence-electron chi connectivity index (χ4n) is 3.22. The van der Waals surface area contributed by atoms with Gasteiger partial charge >= 0.3 is 0 Å². The molecule has 1 aliphatic rings. The minimum Gasteiger partial charge on any atom is -0.497 e. The summed E-state index contributed by atoms with van der Waals surface area (Å²) in [5.41, 5.74) is 1.53. The van der Waals surface area contributed by atoms with E-state index in [2.05, 4.69) is 10.1 Å². The van der Waals surface area contributed by atoms with Crippen LogP contribution in [-0.4, -0.2) is 36.8 Å². The van der Waals surface area contributed by atoms with Crippen molar-refractivity contribution in [3.63, 3.8) is 0 Å². The van der Waals surface area contributed by atoms with Gasteiger partial charge in [-0.1, -0.05) is 23.4 Å². The number of benzene rings is 2. The molecule has 2 aromatic carbocycles. The molecule has 1 aromatic heterocycles. The summed E-state index contributed by atoms with van der Waals surface area (Å²) in [6.07, 6.45) is 0.314. The summed E-state index contributed by atoms with van der Waals surface area (Å²) in [5, 5.41) is 4.09. The smallest absolute Gasteiger partial charge is 0.257 e. The van der Waals surface area contributed by atoms with Gasteiger partial charge < -0.3 is 18.9 Å². The number of rotatable bonds is 5. The Kier molecular flexibility index (Phi) is 4.50. The molecule has 0 spiro atoms. The number of hydrogen-bond donors (Lipinski definition) is 0. The summed E-state index contributed by atoms with van der Waals surface area (Å²) >= 11 is 0. The lowest BCUT2D eigenvalue weighted by Gasteiger charge is -2.20. The first-order valence-corrected chi connectivity index (χ1v) is 8.61. The molecule has 1 unspecified atom stereocenters. The summed E-state index contributed by atoms with van der Waals surface area (Å²) in [7, 11) is 3.17. The second kappa shape index (κ2) is 7.11. The summed E-state index contributed by atoms with van der Waals surface area (Å²) in [5.74, 6) is 2.10. The maximum Gasteiger partial charge on any atom is 0.257 e. The first kappa shape index (κ1) is 17.1. The molecule has 7 heteroatoms. The highest BCUT2D eigenvalue weighted by Gasteiger charge is 2.36. The molecule has 3 aromatic rings. The lowest BCUT2D eigenvalue weighted by atomic mass is 10.1. The van der Waals surface area contributed by atoms with Gasteiger partial charge in [-0.15, -0.1) is 0 Å². The average Bonchev–Trinajstić information content (AvgIpc) is 3.35. The molecule has 7 nitrogen and oxygen atoms in total. The predicted molar refractivity (Wildman–Crippen MR) is 99.0 cm³/mol. The standard InChI is InChI=1S/C20H19N3O4/c1-25-15-8-9-17(26-2)16(11-15)23-12-14(10-18(23)24)19-21-20(27-22-19)13-6-4-3-5-7-13/h3-9,11,14H,10,12H2,1-2H3. The first-order valence-electron chi connectivity index (χ1n) is 8.61. The van der Waals surface area contributed by atoms with Gasteiger partial charge in [0.1, 0.15) is 11.5 Å². The Hall–Kier alpha value is -3.35. The molecule has 1 fully saturated rings. The molecule has 2 heterocycles. The van der Waals surface area contributed by atoms with Crippen molar-refractivity contribution in [2.75, 3.05) is 25.7 Å². The molecule has 0 saturated carbocycles. The van der Waals surface area contributed by atoms with E-state index in [1.165, 1.54) is 0 Å². The highest BCUT2D eigenvalue weighted by molar-refractivity contribution is 5.98. The van der Waals surface area contributed by atoms with Crippen LogP contribution in [0, 0.1) is 0 Å². The molecule has 0 radical (unpaired) electrons. The molecule has 0 aliphatic carbocycles. The minimum absolute atomic E-state index is 0.0161. The number of carbonyl (C=O) groups is 1. The third-order valence-electron chi connectivity index (χ3n) is 4.63. The normalized spacial score (nSPS) is 16.6. The minimum atomic E-state index is -0.144. The van der Waals surface area contributed by atoms with E-state index in [-0.39, 0.29) is 11.8 Å². The van der Waals surface area contributed by atoms with Crippen LogP contribution in [-0.2, 0) is 4.79 Å². The van der Waals surface area contributed by atoms with Crippen LogP contribution in [0.4, 0.5) is 5.69 Å². The number of hydrogen-bond acceptors (Lipinski definition) is 6. The summed E-state index contributed by atoms with van der Waals surface area (Å²) in [6.45, 7) is 0.454. The van der Waals surface area contributed by atoms with E-state index in [1.807, 2.05) is 30.3 Å². The van der Waals surface area contributed by atoms with Gasteiger partial charge in [-0.25, -0.2) is 0 Å². The van der Waals surface area contributed by atoms with Gasteiger partial charge in [-0.2, -0.15) is 4.98 Å². The first-order chi connectivity index (χ1) is 13.2. The number of methoxy groups -OCH3 is 2. The molecule has 0 N–H and O–H groups in total. The van der Waals surface area contributed by atoms with Crippen LogP contribution in [0.5, 0.6) is 11.5 Å². The van der Waals surface area contributed by atoms with Crippen molar-refractivity contribution in [2.45, 2.75) is 12.3 Å². The van der Waals surface area contributed by atoms with E-state index in [0.29, 0.717) is 41.9 Å². The molecule has 1 saturated heterocycles. The van der Waals surface area contributed by atoms with E-state index >= 15 is 0 Å². The summed E-state index contributed by atoms with van der Waals surface area (Å²) in [6, 6.07) is 14.9. The van der Waals surface area contributed by atoms with Crippen molar-refractivity contribution in [1.29, 1.82) is 0 Å². The number of anilines is 1. The van der Waals surface area contributed by atoms with Crippen LogP contribution in [0.3, 0.4) is 0 Å². The highest BCUT2D eigenvalue weighted by Crippen LogP contribution is 2.38. The van der Waals surface area contributed by atoms with Crippen LogP contribution >= 0.6 is 0 Å². The second-order valence-electron chi connectivity index (χ2n) is 6.27. The number of aromatic nitrogens is 2. The zero-order valence-electron chi connectivity index (χ0n) is 15.1. The fraction of sp³-hybridized carbons (Fsp3) is 0.250. The molecular formula is C20H19N3O4. The van der Waals surface area contributed by atoms with Crippen LogP contribution in [0.15, 0.2) is 53.1 Å². The van der Waals surface area contributed by atoms with Crippen molar-refractivity contribution < 1.29 is 18.8 Å². The zero-order valence-corrected chi connectivity index (χ0v) is 15.1. The second-order valence-corrected chi connectivity index (χ2v) is 6.27. The largest absolute Gasteiger partial charge is 0.497 e. The van der Waals surface area contributed by atoms with Crippen molar-refractivity contribution in [3.05, 3.63) is 54.4 Å². The zero-order chi connectivity index (χ0) is 18.8. The van der Waals surface area contributed by atoms with E-state index in [0.717, 1.165) is 5.56 Å². The van der Waals surface area contributed by atoms with Crippen molar-refractivity contribution >= 4 is 11.6 Å². The third-order valence-corrected chi connectivity index (χ3v) is 4.63. The topological polar surface area (TPSA) is 77.7 Å². The third kappa shape index (κ3) is 3.23. The average molecular weight is 365 g/mol. The van der Waals surface area contributed by atoms with E-state index in [9.17, 15) is 4.79 Å². The molecule has 138 valence electrons. The van der Waals surface area contributed by atoms with Crippen molar-refractivity contribution in [1.82, 2.24) is 10.1 Å². The maximum atomic E-state index is 12.6. The number of nitrogens with zero attached hydrogens (tertiary/aromatic N) is 3. The molecule has 1 amide bonds. The number of ether oxygens (including phenoxy) is 2. The van der Waals surface area contributed by atoms with Crippen LogP contribution in [0.1, 0.15) is 18.2 Å². The lowest BCUT2D eigenvalue weighted by Crippen LogP contribution is -2.25. The molecular weight excluding hydrogens is 346 g/mol. The Morgan fingerprint density at radius 1 is 1.11 bits per heavy atom. The van der Waals surface area contributed by atoms with Gasteiger partial charge in [-0.05, 0) is 24.3 Å². The Labute approximate surface area is 156 Å². The fourth-order valence-corrected chi connectivity index (χ4v) is 3.22. The van der Waals surface area contributed by atoms with Gasteiger partial charge in [0.2, 0.25) is 5.91 Å². The van der Waals surface area contributed by atoms with Gasteiger partial charge in [0.25, 0.3) is 5.89 Å². The predicted octanol–water partition coefficient (Wildman–Crippen LogP) is 3.27. The molecule has 4 rings (SSSR count). The monoisotopic (exact) mass is 365 g/mol. The highest BCUT2D eigenvalue weighted by atomic mass is 16.5. The van der Waals surface area contributed by atoms with Crippen LogP contribution < -0.4 is 14.4 Å². The van der Waals surface area contributed by atoms with Gasteiger partial charge in [0, 0.05) is 30.5 Å².